The highest BCUT2D eigenvalue weighted by molar-refractivity contribution is 6.33. The van der Waals surface area contributed by atoms with Gasteiger partial charge in [-0.2, -0.15) is 13.2 Å². The molecule has 1 rings (SSSR count). The Bertz CT molecular complexity index is 392. The van der Waals surface area contributed by atoms with E-state index in [0.717, 1.165) is 0 Å². The number of aromatic nitrogens is 1. The van der Waals surface area contributed by atoms with Crippen LogP contribution in [0.3, 0.4) is 0 Å². The second-order valence-corrected chi connectivity index (χ2v) is 2.99. The number of pyridine rings is 1. The Hall–Kier alpha value is -1.30. The summed E-state index contributed by atoms with van der Waals surface area (Å²) in [7, 11) is 1.21. The van der Waals surface area contributed by atoms with Crippen molar-refractivity contribution in [1.29, 1.82) is 5.41 Å². The monoisotopic (exact) mass is 238 g/mol. The van der Waals surface area contributed by atoms with Crippen LogP contribution < -0.4 is 0 Å². The molecule has 0 atom stereocenters. The molecule has 0 aliphatic heterocycles. The Labute approximate surface area is 88.3 Å². The van der Waals surface area contributed by atoms with E-state index >= 15 is 0 Å². The van der Waals surface area contributed by atoms with Crippen molar-refractivity contribution in [1.82, 2.24) is 4.98 Å². The fourth-order valence-electron chi connectivity index (χ4n) is 0.857. The summed E-state index contributed by atoms with van der Waals surface area (Å²) in [6.07, 6.45) is -3.89. The molecule has 0 fully saturated rings. The maximum absolute atomic E-state index is 12.2. The van der Waals surface area contributed by atoms with Gasteiger partial charge in [0.15, 0.2) is 0 Å². The number of hydrogen-bond donors (Lipinski definition) is 1. The molecule has 3 nitrogen and oxygen atoms in total. The Morgan fingerprint density at radius 2 is 2.13 bits per heavy atom. The number of rotatable bonds is 1. The van der Waals surface area contributed by atoms with Crippen LogP contribution in [0.25, 0.3) is 0 Å². The number of alkyl halides is 3. The molecule has 0 spiro atoms. The number of hydrogen-bond acceptors (Lipinski definition) is 3. The minimum absolute atomic E-state index is 0.118. The molecule has 0 bridgehead atoms. The number of nitrogens with one attached hydrogen (secondary N) is 1. The van der Waals surface area contributed by atoms with Crippen molar-refractivity contribution in [3.63, 3.8) is 0 Å². The van der Waals surface area contributed by atoms with E-state index < -0.39 is 11.7 Å². The molecular weight excluding hydrogens is 233 g/mol. The van der Waals surface area contributed by atoms with E-state index in [9.17, 15) is 13.2 Å². The van der Waals surface area contributed by atoms with E-state index in [1.54, 1.807) is 0 Å². The predicted molar refractivity (Wildman–Crippen MR) is 48.1 cm³/mol. The molecule has 0 amide bonds. The summed E-state index contributed by atoms with van der Waals surface area (Å²) in [5.74, 6) is -0.381. The standard InChI is InChI=1S/C8H6ClF3N2O/c1-15-7(13)6-5(9)2-4(3-14-6)8(10,11)12/h2-3,13H,1H3. The van der Waals surface area contributed by atoms with E-state index in [0.29, 0.717) is 12.3 Å². The van der Waals surface area contributed by atoms with Crippen molar-refractivity contribution >= 4 is 17.5 Å². The normalized spacial score (nSPS) is 11.3. The Balaban J connectivity index is 3.15. The van der Waals surface area contributed by atoms with Gasteiger partial charge in [-0.1, -0.05) is 11.6 Å². The third kappa shape index (κ3) is 2.59. The van der Waals surface area contributed by atoms with Gasteiger partial charge in [-0.25, -0.2) is 4.98 Å². The van der Waals surface area contributed by atoms with Crippen LogP contribution in [-0.4, -0.2) is 18.0 Å². The van der Waals surface area contributed by atoms with Gasteiger partial charge in [0.05, 0.1) is 17.7 Å². The molecule has 0 aliphatic carbocycles. The molecule has 0 aromatic carbocycles. The summed E-state index contributed by atoms with van der Waals surface area (Å²) in [5.41, 5.74) is -1.08. The van der Waals surface area contributed by atoms with Gasteiger partial charge < -0.3 is 4.74 Å². The van der Waals surface area contributed by atoms with E-state index in [1.807, 2.05) is 0 Å². The quantitative estimate of drug-likeness (QED) is 0.604. The zero-order valence-electron chi connectivity index (χ0n) is 7.52. The van der Waals surface area contributed by atoms with Gasteiger partial charge in [-0.05, 0) is 6.07 Å². The highest BCUT2D eigenvalue weighted by Gasteiger charge is 2.31. The molecule has 0 radical (unpaired) electrons. The van der Waals surface area contributed by atoms with Crippen LogP contribution in [0.2, 0.25) is 5.02 Å². The zero-order valence-corrected chi connectivity index (χ0v) is 8.28. The molecule has 0 saturated carbocycles. The SMILES string of the molecule is COC(=N)c1ncc(C(F)(F)F)cc1Cl. The fourth-order valence-corrected chi connectivity index (χ4v) is 1.11. The summed E-state index contributed by atoms with van der Waals surface area (Å²) in [6, 6.07) is 0.706. The number of nitrogens with zero attached hydrogens (tertiary/aromatic N) is 1. The van der Waals surface area contributed by atoms with Gasteiger partial charge >= 0.3 is 6.18 Å². The lowest BCUT2D eigenvalue weighted by Gasteiger charge is -2.08. The van der Waals surface area contributed by atoms with Crippen molar-refractivity contribution in [2.45, 2.75) is 6.18 Å². The van der Waals surface area contributed by atoms with Crippen molar-refractivity contribution in [2.75, 3.05) is 7.11 Å². The average molecular weight is 239 g/mol. The van der Waals surface area contributed by atoms with Crippen LogP contribution in [0.5, 0.6) is 0 Å². The minimum atomic E-state index is -4.50. The molecule has 1 heterocycles. The van der Waals surface area contributed by atoms with Crippen molar-refractivity contribution in [3.05, 3.63) is 28.5 Å². The first-order chi connectivity index (χ1) is 6.86. The summed E-state index contributed by atoms with van der Waals surface area (Å²) in [4.78, 5) is 3.41. The van der Waals surface area contributed by atoms with Gasteiger partial charge in [0.25, 0.3) is 0 Å². The highest BCUT2D eigenvalue weighted by Crippen LogP contribution is 2.31. The van der Waals surface area contributed by atoms with Gasteiger partial charge in [0.2, 0.25) is 5.90 Å². The van der Waals surface area contributed by atoms with Crippen molar-refractivity contribution in [2.24, 2.45) is 0 Å². The Kier molecular flexibility index (Phi) is 3.18. The second kappa shape index (κ2) is 4.06. The fraction of sp³-hybridized carbons (Fsp3) is 0.250. The van der Waals surface area contributed by atoms with Crippen LogP contribution in [0, 0.1) is 5.41 Å². The summed E-state index contributed by atoms with van der Waals surface area (Å²) >= 11 is 5.53. The molecule has 7 heteroatoms. The molecule has 1 N–H and O–H groups in total. The van der Waals surface area contributed by atoms with Gasteiger partial charge in [0, 0.05) is 6.20 Å². The van der Waals surface area contributed by atoms with Crippen molar-refractivity contribution < 1.29 is 17.9 Å². The van der Waals surface area contributed by atoms with Crippen LogP contribution in [0.4, 0.5) is 13.2 Å². The van der Waals surface area contributed by atoms with Gasteiger partial charge in [-0.3, -0.25) is 5.41 Å². The molecule has 0 aliphatic rings. The molecule has 1 aromatic rings. The summed E-state index contributed by atoms with van der Waals surface area (Å²) in [6.45, 7) is 0. The third-order valence-electron chi connectivity index (χ3n) is 1.59. The lowest BCUT2D eigenvalue weighted by atomic mass is 10.2. The van der Waals surface area contributed by atoms with E-state index in [4.69, 9.17) is 17.0 Å². The number of ether oxygens (including phenoxy) is 1. The van der Waals surface area contributed by atoms with Crippen LogP contribution in [0.15, 0.2) is 12.3 Å². The molecule has 0 unspecified atom stereocenters. The van der Waals surface area contributed by atoms with Crippen molar-refractivity contribution in [3.8, 4) is 0 Å². The largest absolute Gasteiger partial charge is 0.480 e. The highest BCUT2D eigenvalue weighted by atomic mass is 35.5. The van der Waals surface area contributed by atoms with Crippen LogP contribution in [-0.2, 0) is 10.9 Å². The molecule has 0 saturated heterocycles. The molecular formula is C8H6ClF3N2O. The van der Waals surface area contributed by atoms with Crippen LogP contribution in [0.1, 0.15) is 11.3 Å². The summed E-state index contributed by atoms with van der Waals surface area (Å²) < 4.78 is 41.1. The van der Waals surface area contributed by atoms with E-state index in [1.165, 1.54) is 7.11 Å². The van der Waals surface area contributed by atoms with E-state index in [2.05, 4.69) is 9.72 Å². The first kappa shape index (κ1) is 11.8. The third-order valence-corrected chi connectivity index (χ3v) is 1.88. The van der Waals surface area contributed by atoms with Gasteiger partial charge in [0.1, 0.15) is 5.69 Å². The average Bonchev–Trinajstić information content (AvgIpc) is 2.15. The molecule has 82 valence electrons. The maximum Gasteiger partial charge on any atom is 0.417 e. The predicted octanol–water partition coefficient (Wildman–Crippen LogP) is 2.73. The molecule has 1 aromatic heterocycles. The number of halogens is 4. The maximum atomic E-state index is 12.2. The topological polar surface area (TPSA) is 46.0 Å². The Morgan fingerprint density at radius 3 is 2.53 bits per heavy atom. The zero-order chi connectivity index (χ0) is 11.6. The van der Waals surface area contributed by atoms with Crippen LogP contribution >= 0.6 is 11.6 Å². The lowest BCUT2D eigenvalue weighted by Crippen LogP contribution is -2.10. The lowest BCUT2D eigenvalue weighted by molar-refractivity contribution is -0.137. The van der Waals surface area contributed by atoms with E-state index in [-0.39, 0.29) is 16.6 Å². The first-order valence-electron chi connectivity index (χ1n) is 3.72. The molecule has 15 heavy (non-hydrogen) atoms. The number of methoxy groups -OCH3 is 1. The first-order valence-corrected chi connectivity index (χ1v) is 4.09. The Morgan fingerprint density at radius 1 is 1.53 bits per heavy atom. The minimum Gasteiger partial charge on any atom is -0.480 e. The second-order valence-electron chi connectivity index (χ2n) is 2.59. The smallest absolute Gasteiger partial charge is 0.417 e. The van der Waals surface area contributed by atoms with Gasteiger partial charge in [-0.15, -0.1) is 0 Å². The summed E-state index contributed by atoms with van der Waals surface area (Å²) in [5, 5.41) is 6.93.